The van der Waals surface area contributed by atoms with E-state index >= 15 is 0 Å². The molecule has 0 bridgehead atoms. The molecule has 1 aromatic carbocycles. The molecule has 42 heavy (non-hydrogen) atoms. The zero-order chi connectivity index (χ0) is 30.8. The predicted molar refractivity (Wildman–Crippen MR) is 144 cm³/mol. The average molecular weight is 587 g/mol. The van der Waals surface area contributed by atoms with Gasteiger partial charge in [0.15, 0.2) is 29.3 Å². The predicted octanol–water partition coefficient (Wildman–Crippen LogP) is 2.00. The van der Waals surface area contributed by atoms with Crippen molar-refractivity contribution in [1.29, 1.82) is 0 Å². The Morgan fingerprint density at radius 3 is 2.45 bits per heavy atom. The number of pyridine rings is 1. The van der Waals surface area contributed by atoms with E-state index in [4.69, 9.17) is 28.4 Å². The van der Waals surface area contributed by atoms with Crippen LogP contribution in [0, 0.1) is 11.8 Å². The molecule has 1 amide bonds. The first-order valence-corrected chi connectivity index (χ1v) is 13.2. The number of nitrogens with zero attached hydrogens (tertiary/aromatic N) is 1. The largest absolute Gasteiger partial charge is 0.493 e. The standard InChI is InChI=1S/C29H34N2O11/c1-16(2)27(34)42-24-17(3)41-29(36)21(14-38-28(35)20(24)13-19-9-7-6-8-10-19)31-26(33)23-25(40-15-39-18(4)32)22(37-5)11-12-30-23/h6-12,16-17,20-21,24H,13-15H2,1-5H3,(H,31,33)/t17?,20-,21+,24+/m1/s1. The summed E-state index contributed by atoms with van der Waals surface area (Å²) in [6.45, 7) is 4.86. The van der Waals surface area contributed by atoms with Crippen LogP contribution in [0.4, 0.5) is 0 Å². The van der Waals surface area contributed by atoms with E-state index in [-0.39, 0.29) is 23.6 Å². The molecular weight excluding hydrogens is 552 g/mol. The molecule has 1 aromatic heterocycles. The quantitative estimate of drug-likeness (QED) is 0.245. The van der Waals surface area contributed by atoms with Crippen LogP contribution in [0.3, 0.4) is 0 Å². The minimum atomic E-state index is -1.45. The number of methoxy groups -OCH3 is 1. The van der Waals surface area contributed by atoms with Crippen molar-refractivity contribution in [1.82, 2.24) is 10.3 Å². The number of hydrogen-bond donors (Lipinski definition) is 1. The second-order valence-corrected chi connectivity index (χ2v) is 9.74. The van der Waals surface area contributed by atoms with Gasteiger partial charge in [-0.1, -0.05) is 44.2 Å². The van der Waals surface area contributed by atoms with E-state index in [1.165, 1.54) is 33.2 Å². The van der Waals surface area contributed by atoms with E-state index in [1.54, 1.807) is 26.0 Å². The first kappa shape index (κ1) is 31.8. The van der Waals surface area contributed by atoms with Crippen LogP contribution in [0.15, 0.2) is 42.6 Å². The molecule has 1 fully saturated rings. The van der Waals surface area contributed by atoms with Crippen molar-refractivity contribution < 1.29 is 52.4 Å². The Hall–Kier alpha value is -4.68. The minimum absolute atomic E-state index is 0.109. The molecule has 1 saturated heterocycles. The van der Waals surface area contributed by atoms with Gasteiger partial charge >= 0.3 is 23.9 Å². The lowest BCUT2D eigenvalue weighted by atomic mass is 9.91. The molecule has 13 heteroatoms. The Bertz CT molecular complexity index is 1280. The maximum absolute atomic E-state index is 13.4. The summed E-state index contributed by atoms with van der Waals surface area (Å²) in [6.07, 6.45) is -0.813. The van der Waals surface area contributed by atoms with Crippen LogP contribution in [0.5, 0.6) is 11.5 Å². The van der Waals surface area contributed by atoms with Crippen LogP contribution in [-0.4, -0.2) is 73.5 Å². The van der Waals surface area contributed by atoms with Crippen molar-refractivity contribution in [3.8, 4) is 11.5 Å². The monoisotopic (exact) mass is 586 g/mol. The van der Waals surface area contributed by atoms with Crippen LogP contribution >= 0.6 is 0 Å². The summed E-state index contributed by atoms with van der Waals surface area (Å²) >= 11 is 0. The molecule has 0 saturated carbocycles. The second-order valence-electron chi connectivity index (χ2n) is 9.74. The lowest BCUT2D eigenvalue weighted by Gasteiger charge is -2.29. The number of benzene rings is 1. The number of cyclic esters (lactones) is 2. The van der Waals surface area contributed by atoms with E-state index in [1.807, 2.05) is 18.2 Å². The summed E-state index contributed by atoms with van der Waals surface area (Å²) in [5.41, 5.74) is 0.484. The highest BCUT2D eigenvalue weighted by Gasteiger charge is 2.42. The maximum Gasteiger partial charge on any atom is 0.332 e. The third kappa shape index (κ3) is 8.41. The summed E-state index contributed by atoms with van der Waals surface area (Å²) < 4.78 is 32.1. The molecule has 0 aliphatic carbocycles. The van der Waals surface area contributed by atoms with E-state index < -0.39 is 73.3 Å². The number of esters is 4. The van der Waals surface area contributed by atoms with Crippen molar-refractivity contribution in [3.05, 3.63) is 53.9 Å². The molecule has 13 nitrogen and oxygen atoms in total. The molecule has 1 unspecified atom stereocenters. The number of carbonyl (C=O) groups is 5. The van der Waals surface area contributed by atoms with Gasteiger partial charge in [-0.15, -0.1) is 0 Å². The molecule has 1 aliphatic rings. The molecule has 3 rings (SSSR count). The number of nitrogens with one attached hydrogen (secondary N) is 1. The molecule has 1 aliphatic heterocycles. The van der Waals surface area contributed by atoms with Crippen LogP contribution < -0.4 is 14.8 Å². The fourth-order valence-electron chi connectivity index (χ4n) is 4.04. The van der Waals surface area contributed by atoms with Crippen LogP contribution in [0.25, 0.3) is 0 Å². The first-order valence-electron chi connectivity index (χ1n) is 13.2. The Morgan fingerprint density at radius 1 is 1.10 bits per heavy atom. The number of rotatable bonds is 10. The third-order valence-corrected chi connectivity index (χ3v) is 6.24. The number of amides is 1. The lowest BCUT2D eigenvalue weighted by Crippen LogP contribution is -2.47. The van der Waals surface area contributed by atoms with E-state index in [2.05, 4.69) is 10.3 Å². The highest BCUT2D eigenvalue weighted by Crippen LogP contribution is 2.30. The maximum atomic E-state index is 13.4. The highest BCUT2D eigenvalue weighted by atomic mass is 16.7. The Balaban J connectivity index is 1.87. The van der Waals surface area contributed by atoms with E-state index in [9.17, 15) is 24.0 Å². The number of carbonyl (C=O) groups excluding carboxylic acids is 5. The summed E-state index contributed by atoms with van der Waals surface area (Å²) in [4.78, 5) is 67.5. The molecule has 0 spiro atoms. The lowest BCUT2D eigenvalue weighted by molar-refractivity contribution is -0.176. The first-order chi connectivity index (χ1) is 20.0. The van der Waals surface area contributed by atoms with Gasteiger partial charge in [0.05, 0.1) is 13.0 Å². The molecule has 2 heterocycles. The normalized spacial score (nSPS) is 20.6. The summed E-state index contributed by atoms with van der Waals surface area (Å²) in [7, 11) is 1.33. The van der Waals surface area contributed by atoms with Crippen molar-refractivity contribution in [2.75, 3.05) is 20.5 Å². The van der Waals surface area contributed by atoms with Gasteiger partial charge in [0.1, 0.15) is 18.6 Å². The third-order valence-electron chi connectivity index (χ3n) is 6.24. The molecule has 226 valence electrons. The van der Waals surface area contributed by atoms with Gasteiger partial charge in [-0.2, -0.15) is 0 Å². The summed E-state index contributed by atoms with van der Waals surface area (Å²) in [5.74, 6) is -5.31. The van der Waals surface area contributed by atoms with Gasteiger partial charge in [0.2, 0.25) is 6.79 Å². The highest BCUT2D eigenvalue weighted by molar-refractivity contribution is 5.98. The smallest absolute Gasteiger partial charge is 0.332 e. The average Bonchev–Trinajstić information content (AvgIpc) is 2.99. The molecule has 0 radical (unpaired) electrons. The van der Waals surface area contributed by atoms with Gasteiger partial charge in [0, 0.05) is 19.2 Å². The van der Waals surface area contributed by atoms with Crippen molar-refractivity contribution in [2.45, 2.75) is 52.4 Å². The molecule has 4 atom stereocenters. The van der Waals surface area contributed by atoms with Crippen LogP contribution in [0.2, 0.25) is 0 Å². The van der Waals surface area contributed by atoms with Gasteiger partial charge in [-0.3, -0.25) is 19.2 Å². The fourth-order valence-corrected chi connectivity index (χ4v) is 4.04. The zero-order valence-corrected chi connectivity index (χ0v) is 24.0. The fraction of sp³-hybridized carbons (Fsp3) is 0.448. The Labute approximate surface area is 242 Å². The molecule has 2 aromatic rings. The van der Waals surface area contributed by atoms with Crippen LogP contribution in [-0.2, 0) is 44.5 Å². The van der Waals surface area contributed by atoms with Crippen molar-refractivity contribution >= 4 is 29.8 Å². The zero-order valence-electron chi connectivity index (χ0n) is 24.0. The van der Waals surface area contributed by atoms with Crippen LogP contribution in [0.1, 0.15) is 43.7 Å². The molecule has 1 N–H and O–H groups in total. The van der Waals surface area contributed by atoms with Gasteiger partial charge in [0.25, 0.3) is 5.91 Å². The SMILES string of the molecule is COc1ccnc(C(=O)N[C@H]2COC(=O)[C@H](Cc3ccccc3)[C@@H](OC(=O)C(C)C)C(C)OC2=O)c1OCOC(C)=O. The minimum Gasteiger partial charge on any atom is -0.493 e. The second kappa shape index (κ2) is 14.8. The summed E-state index contributed by atoms with van der Waals surface area (Å²) in [6, 6.07) is 9.02. The van der Waals surface area contributed by atoms with Crippen molar-refractivity contribution in [3.63, 3.8) is 0 Å². The van der Waals surface area contributed by atoms with Crippen molar-refractivity contribution in [2.24, 2.45) is 11.8 Å². The number of aromatic nitrogens is 1. The van der Waals surface area contributed by atoms with Gasteiger partial charge in [-0.25, -0.2) is 9.78 Å². The summed E-state index contributed by atoms with van der Waals surface area (Å²) in [5, 5.41) is 2.45. The number of ether oxygens (including phenoxy) is 6. The number of hydrogen-bond acceptors (Lipinski definition) is 12. The van der Waals surface area contributed by atoms with Gasteiger partial charge in [-0.05, 0) is 18.9 Å². The Kier molecular flexibility index (Phi) is 11.2. The topological polar surface area (TPSA) is 166 Å². The van der Waals surface area contributed by atoms with E-state index in [0.717, 1.165) is 5.56 Å². The Morgan fingerprint density at radius 2 is 1.81 bits per heavy atom. The molecular formula is C29H34N2O11. The van der Waals surface area contributed by atoms with Gasteiger partial charge < -0.3 is 33.7 Å². The van der Waals surface area contributed by atoms with E-state index in [0.29, 0.717) is 0 Å².